The zero-order chi connectivity index (χ0) is 16.2. The Bertz CT molecular complexity index is 440. The molecule has 0 radical (unpaired) electrons. The number of guanidine groups is 1. The Labute approximate surface area is 136 Å². The van der Waals surface area contributed by atoms with E-state index in [0.717, 1.165) is 36.1 Å². The summed E-state index contributed by atoms with van der Waals surface area (Å²) in [5, 5.41) is 15.5. The van der Waals surface area contributed by atoms with Crippen LogP contribution in [0.4, 0.5) is 4.39 Å². The van der Waals surface area contributed by atoms with Crippen LogP contribution < -0.4 is 10.6 Å². The maximum absolute atomic E-state index is 12.8. The molecule has 0 aliphatic rings. The van der Waals surface area contributed by atoms with E-state index in [4.69, 9.17) is 5.11 Å². The van der Waals surface area contributed by atoms with Gasteiger partial charge in [0, 0.05) is 31.1 Å². The predicted molar refractivity (Wildman–Crippen MR) is 92.0 cm³/mol. The third-order valence-electron chi connectivity index (χ3n) is 2.91. The summed E-state index contributed by atoms with van der Waals surface area (Å²) in [7, 11) is 0. The van der Waals surface area contributed by atoms with Crippen LogP contribution in [-0.4, -0.2) is 43.1 Å². The van der Waals surface area contributed by atoms with Crippen LogP contribution in [0.25, 0.3) is 0 Å². The van der Waals surface area contributed by atoms with E-state index in [9.17, 15) is 4.39 Å². The highest BCUT2D eigenvalue weighted by molar-refractivity contribution is 7.99. The fourth-order valence-electron chi connectivity index (χ4n) is 1.65. The van der Waals surface area contributed by atoms with Gasteiger partial charge in [-0.15, -0.1) is 11.8 Å². The first-order chi connectivity index (χ1) is 10.7. The van der Waals surface area contributed by atoms with E-state index in [1.54, 1.807) is 23.9 Å². The molecule has 1 unspecified atom stereocenters. The SMILES string of the molecule is CCNC(=NCC(C)CO)NCCCSc1ccc(F)cc1. The van der Waals surface area contributed by atoms with Crippen molar-refractivity contribution in [2.45, 2.75) is 25.2 Å². The monoisotopic (exact) mass is 327 g/mol. The first kappa shape index (κ1) is 18.8. The highest BCUT2D eigenvalue weighted by atomic mass is 32.2. The maximum atomic E-state index is 12.8. The van der Waals surface area contributed by atoms with Gasteiger partial charge in [-0.25, -0.2) is 4.39 Å². The molecular formula is C16H26FN3OS. The number of thioether (sulfide) groups is 1. The number of hydrogen-bond acceptors (Lipinski definition) is 3. The van der Waals surface area contributed by atoms with Crippen LogP contribution in [0, 0.1) is 11.7 Å². The Hall–Kier alpha value is -1.27. The Morgan fingerprint density at radius 3 is 2.68 bits per heavy atom. The molecule has 0 amide bonds. The summed E-state index contributed by atoms with van der Waals surface area (Å²) in [6.07, 6.45) is 0.988. The van der Waals surface area contributed by atoms with Gasteiger partial charge in [0.2, 0.25) is 0 Å². The van der Waals surface area contributed by atoms with Crippen molar-refractivity contribution in [3.8, 4) is 0 Å². The summed E-state index contributed by atoms with van der Waals surface area (Å²) < 4.78 is 12.8. The molecule has 1 rings (SSSR count). The molecular weight excluding hydrogens is 301 g/mol. The molecule has 0 fully saturated rings. The van der Waals surface area contributed by atoms with E-state index in [-0.39, 0.29) is 18.3 Å². The largest absolute Gasteiger partial charge is 0.396 e. The van der Waals surface area contributed by atoms with Gasteiger partial charge in [0.15, 0.2) is 5.96 Å². The number of halogens is 1. The standard InChI is InChI=1S/C16H26FN3OS/c1-3-18-16(20-11-13(2)12-21)19-9-4-10-22-15-7-5-14(17)6-8-15/h5-8,13,21H,3-4,9-12H2,1-2H3,(H2,18,19,20). The molecule has 0 aliphatic carbocycles. The first-order valence-electron chi connectivity index (χ1n) is 7.67. The normalized spacial score (nSPS) is 13.0. The highest BCUT2D eigenvalue weighted by Gasteiger charge is 2.01. The lowest BCUT2D eigenvalue weighted by atomic mass is 10.2. The molecule has 22 heavy (non-hydrogen) atoms. The molecule has 4 nitrogen and oxygen atoms in total. The van der Waals surface area contributed by atoms with Gasteiger partial charge < -0.3 is 15.7 Å². The second kappa shape index (κ2) is 11.3. The Kier molecular flexibility index (Phi) is 9.66. The van der Waals surface area contributed by atoms with Gasteiger partial charge in [-0.2, -0.15) is 0 Å². The minimum absolute atomic E-state index is 0.150. The van der Waals surface area contributed by atoms with Gasteiger partial charge in [-0.05, 0) is 49.3 Å². The average molecular weight is 327 g/mol. The number of aliphatic hydroxyl groups is 1. The second-order valence-electron chi connectivity index (χ2n) is 5.09. The van der Waals surface area contributed by atoms with Crippen molar-refractivity contribution in [3.05, 3.63) is 30.1 Å². The summed E-state index contributed by atoms with van der Waals surface area (Å²) >= 11 is 1.72. The van der Waals surface area contributed by atoms with Crippen LogP contribution in [0.2, 0.25) is 0 Å². The van der Waals surface area contributed by atoms with E-state index < -0.39 is 0 Å². The molecule has 124 valence electrons. The zero-order valence-corrected chi connectivity index (χ0v) is 14.1. The number of benzene rings is 1. The lowest BCUT2D eigenvalue weighted by Gasteiger charge is -2.12. The topological polar surface area (TPSA) is 56.7 Å². The summed E-state index contributed by atoms with van der Waals surface area (Å²) in [4.78, 5) is 5.52. The number of aliphatic hydroxyl groups excluding tert-OH is 1. The zero-order valence-electron chi connectivity index (χ0n) is 13.3. The number of nitrogens with one attached hydrogen (secondary N) is 2. The first-order valence-corrected chi connectivity index (χ1v) is 8.65. The van der Waals surface area contributed by atoms with Crippen LogP contribution in [0.5, 0.6) is 0 Å². The van der Waals surface area contributed by atoms with Crippen molar-refractivity contribution in [2.24, 2.45) is 10.9 Å². The molecule has 0 heterocycles. The maximum Gasteiger partial charge on any atom is 0.191 e. The number of aliphatic imine (C=N–C) groups is 1. The number of rotatable bonds is 9. The predicted octanol–water partition coefficient (Wildman–Crippen LogP) is 2.49. The lowest BCUT2D eigenvalue weighted by molar-refractivity contribution is 0.241. The highest BCUT2D eigenvalue weighted by Crippen LogP contribution is 2.18. The molecule has 0 bridgehead atoms. The fourth-order valence-corrected chi connectivity index (χ4v) is 2.50. The molecule has 0 spiro atoms. The molecule has 1 atom stereocenters. The Morgan fingerprint density at radius 1 is 1.32 bits per heavy atom. The van der Waals surface area contributed by atoms with Crippen molar-refractivity contribution >= 4 is 17.7 Å². The molecule has 1 aromatic rings. The van der Waals surface area contributed by atoms with Crippen LogP contribution in [0.3, 0.4) is 0 Å². The van der Waals surface area contributed by atoms with E-state index in [2.05, 4.69) is 15.6 Å². The van der Waals surface area contributed by atoms with Crippen molar-refractivity contribution < 1.29 is 9.50 Å². The summed E-state index contributed by atoms with van der Waals surface area (Å²) in [5.74, 6) is 1.72. The lowest BCUT2D eigenvalue weighted by Crippen LogP contribution is -2.38. The molecule has 3 N–H and O–H groups in total. The molecule has 1 aromatic carbocycles. The van der Waals surface area contributed by atoms with Gasteiger partial charge in [0.25, 0.3) is 0 Å². The van der Waals surface area contributed by atoms with Crippen molar-refractivity contribution in [1.82, 2.24) is 10.6 Å². The molecule has 0 saturated carbocycles. The van der Waals surface area contributed by atoms with Gasteiger partial charge >= 0.3 is 0 Å². The van der Waals surface area contributed by atoms with Crippen molar-refractivity contribution in [3.63, 3.8) is 0 Å². The molecule has 0 aliphatic heterocycles. The fraction of sp³-hybridized carbons (Fsp3) is 0.562. The third-order valence-corrected chi connectivity index (χ3v) is 4.01. The number of hydrogen-bond donors (Lipinski definition) is 3. The van der Waals surface area contributed by atoms with Crippen LogP contribution >= 0.6 is 11.8 Å². The second-order valence-corrected chi connectivity index (χ2v) is 6.26. The Balaban J connectivity index is 2.23. The third kappa shape index (κ3) is 8.24. The summed E-state index contributed by atoms with van der Waals surface area (Å²) in [6.45, 7) is 6.38. The summed E-state index contributed by atoms with van der Waals surface area (Å²) in [6, 6.07) is 6.57. The van der Waals surface area contributed by atoms with E-state index in [1.165, 1.54) is 12.1 Å². The van der Waals surface area contributed by atoms with Gasteiger partial charge in [-0.3, -0.25) is 4.99 Å². The molecule has 0 aromatic heterocycles. The van der Waals surface area contributed by atoms with Crippen LogP contribution in [0.15, 0.2) is 34.2 Å². The van der Waals surface area contributed by atoms with Crippen LogP contribution in [-0.2, 0) is 0 Å². The van der Waals surface area contributed by atoms with Gasteiger partial charge in [0.05, 0.1) is 0 Å². The summed E-state index contributed by atoms with van der Waals surface area (Å²) in [5.41, 5.74) is 0. The quantitative estimate of drug-likeness (QED) is 0.282. The van der Waals surface area contributed by atoms with Crippen molar-refractivity contribution in [2.75, 3.05) is 32.0 Å². The molecule has 6 heteroatoms. The van der Waals surface area contributed by atoms with E-state index in [1.807, 2.05) is 13.8 Å². The van der Waals surface area contributed by atoms with Crippen LogP contribution in [0.1, 0.15) is 20.3 Å². The van der Waals surface area contributed by atoms with Gasteiger partial charge in [0.1, 0.15) is 5.82 Å². The van der Waals surface area contributed by atoms with Crippen molar-refractivity contribution in [1.29, 1.82) is 0 Å². The minimum Gasteiger partial charge on any atom is -0.396 e. The van der Waals surface area contributed by atoms with Gasteiger partial charge in [-0.1, -0.05) is 6.92 Å². The number of nitrogens with zero attached hydrogens (tertiary/aromatic N) is 1. The smallest absolute Gasteiger partial charge is 0.191 e. The Morgan fingerprint density at radius 2 is 2.05 bits per heavy atom. The minimum atomic E-state index is -0.199. The molecule has 0 saturated heterocycles. The van der Waals surface area contributed by atoms with E-state index >= 15 is 0 Å². The van der Waals surface area contributed by atoms with E-state index in [0.29, 0.717) is 6.54 Å². The average Bonchev–Trinajstić information content (AvgIpc) is 2.53.